The second-order valence-corrected chi connectivity index (χ2v) is 7.68. The van der Waals surface area contributed by atoms with E-state index < -0.39 is 11.7 Å². The zero-order valence-corrected chi connectivity index (χ0v) is 16.2. The molecule has 0 aliphatic rings. The normalized spacial score (nSPS) is 11.6. The Bertz CT molecular complexity index is 949. The van der Waals surface area contributed by atoms with E-state index in [9.17, 15) is 4.79 Å². The van der Waals surface area contributed by atoms with Crippen LogP contribution in [-0.2, 0) is 4.74 Å². The van der Waals surface area contributed by atoms with Crippen LogP contribution in [0.1, 0.15) is 20.8 Å². The molecule has 3 rings (SSSR count). The van der Waals surface area contributed by atoms with Crippen LogP contribution in [0.25, 0.3) is 16.9 Å². The first-order valence-corrected chi connectivity index (χ1v) is 8.68. The van der Waals surface area contributed by atoms with E-state index in [2.05, 4.69) is 31.2 Å². The minimum Gasteiger partial charge on any atom is -0.444 e. The molecule has 0 radical (unpaired) electrons. The molecule has 0 unspecified atom stereocenters. The van der Waals surface area contributed by atoms with Crippen LogP contribution < -0.4 is 5.32 Å². The second-order valence-electron chi connectivity index (χ2n) is 6.41. The fraction of sp³-hybridized carbons (Fsp3) is 0.235. The average Bonchev–Trinajstić information content (AvgIpc) is 2.90. The summed E-state index contributed by atoms with van der Waals surface area (Å²) in [5.74, 6) is 0. The van der Waals surface area contributed by atoms with Crippen molar-refractivity contribution in [3.05, 3.63) is 46.4 Å². The third-order valence-electron chi connectivity index (χ3n) is 3.25. The summed E-state index contributed by atoms with van der Waals surface area (Å²) in [5, 5.41) is 2.82. The summed E-state index contributed by atoms with van der Waals surface area (Å²) in [6, 6.07) is 5.57. The first-order valence-electron chi connectivity index (χ1n) is 7.51. The number of ether oxygens (including phenoxy) is 1. The van der Waals surface area contributed by atoms with Gasteiger partial charge >= 0.3 is 6.09 Å². The Labute approximate surface area is 158 Å². The van der Waals surface area contributed by atoms with Crippen LogP contribution in [0.15, 0.2) is 41.3 Å². The molecule has 1 amide bonds. The fourth-order valence-corrected chi connectivity index (χ4v) is 2.73. The Hall–Kier alpha value is -2.12. The fourth-order valence-electron chi connectivity index (χ4n) is 2.26. The monoisotopic (exact) mass is 422 g/mol. The maximum atomic E-state index is 12.0. The van der Waals surface area contributed by atoms with Gasteiger partial charge in [0.25, 0.3) is 0 Å². The number of halogens is 2. The molecule has 25 heavy (non-hydrogen) atoms. The number of pyridine rings is 2. The number of carbonyl (C=O) groups is 1. The van der Waals surface area contributed by atoms with Crippen LogP contribution in [-0.4, -0.2) is 26.1 Å². The van der Waals surface area contributed by atoms with Gasteiger partial charge in [-0.2, -0.15) is 0 Å². The summed E-state index contributed by atoms with van der Waals surface area (Å²) < 4.78 is 8.12. The number of nitrogens with zero attached hydrogens (tertiary/aromatic N) is 3. The molecule has 0 bridgehead atoms. The number of fused-ring (bicyclic) bond motifs is 1. The minimum absolute atomic E-state index is 0.186. The van der Waals surface area contributed by atoms with E-state index in [-0.39, 0.29) is 5.15 Å². The first kappa shape index (κ1) is 17.7. The highest BCUT2D eigenvalue weighted by atomic mass is 79.9. The van der Waals surface area contributed by atoms with Crippen molar-refractivity contribution in [1.82, 2.24) is 14.4 Å². The van der Waals surface area contributed by atoms with Gasteiger partial charge in [0.15, 0.2) is 5.15 Å². The zero-order valence-electron chi connectivity index (χ0n) is 13.9. The van der Waals surface area contributed by atoms with Crippen molar-refractivity contribution in [1.29, 1.82) is 0 Å². The van der Waals surface area contributed by atoms with Crippen molar-refractivity contribution in [2.24, 2.45) is 0 Å². The Balaban J connectivity index is 1.94. The van der Waals surface area contributed by atoms with Gasteiger partial charge in [-0.3, -0.25) is 9.72 Å². The largest absolute Gasteiger partial charge is 0.444 e. The van der Waals surface area contributed by atoms with Gasteiger partial charge < -0.3 is 4.74 Å². The van der Waals surface area contributed by atoms with Crippen molar-refractivity contribution in [3.63, 3.8) is 0 Å². The SMILES string of the molecule is CC(C)(C)OC(=O)Nc1cc(-c2cnc3cc(Br)ccn23)cnc1Cl. The lowest BCUT2D eigenvalue weighted by molar-refractivity contribution is 0.0636. The Kier molecular flexibility index (Phi) is 4.71. The molecule has 0 aliphatic carbocycles. The van der Waals surface area contributed by atoms with Gasteiger partial charge in [0.1, 0.15) is 11.2 Å². The smallest absolute Gasteiger partial charge is 0.412 e. The lowest BCUT2D eigenvalue weighted by Gasteiger charge is -2.20. The molecule has 0 fully saturated rings. The highest BCUT2D eigenvalue weighted by Crippen LogP contribution is 2.28. The van der Waals surface area contributed by atoms with Crippen molar-refractivity contribution in [3.8, 4) is 11.3 Å². The van der Waals surface area contributed by atoms with Gasteiger partial charge in [-0.05, 0) is 39.0 Å². The molecule has 3 aromatic heterocycles. The van der Waals surface area contributed by atoms with E-state index in [1.54, 1.807) is 39.2 Å². The maximum Gasteiger partial charge on any atom is 0.412 e. The first-order chi connectivity index (χ1) is 11.7. The topological polar surface area (TPSA) is 68.5 Å². The predicted octanol–water partition coefficient (Wildman–Crippen LogP) is 5.16. The third-order valence-corrected chi connectivity index (χ3v) is 4.04. The van der Waals surface area contributed by atoms with Gasteiger partial charge in [0, 0.05) is 22.4 Å². The van der Waals surface area contributed by atoms with Crippen LogP contribution in [0.4, 0.5) is 10.5 Å². The van der Waals surface area contributed by atoms with E-state index in [1.807, 2.05) is 22.7 Å². The van der Waals surface area contributed by atoms with Gasteiger partial charge in [0.2, 0.25) is 0 Å². The summed E-state index contributed by atoms with van der Waals surface area (Å²) in [5.41, 5.74) is 2.17. The molecule has 0 aromatic carbocycles. The molecule has 0 spiro atoms. The number of rotatable bonds is 2. The number of nitrogens with one attached hydrogen (secondary N) is 1. The summed E-state index contributed by atoms with van der Waals surface area (Å²) in [4.78, 5) is 20.5. The number of amides is 1. The van der Waals surface area contributed by atoms with Crippen LogP contribution in [0.5, 0.6) is 0 Å². The molecule has 0 saturated heterocycles. The number of hydrogen-bond donors (Lipinski definition) is 1. The maximum absolute atomic E-state index is 12.0. The van der Waals surface area contributed by atoms with E-state index in [4.69, 9.17) is 16.3 Å². The average molecular weight is 424 g/mol. The quantitative estimate of drug-likeness (QED) is 0.578. The molecule has 6 nitrogen and oxygen atoms in total. The summed E-state index contributed by atoms with van der Waals surface area (Å²) in [6.07, 6.45) is 4.69. The van der Waals surface area contributed by atoms with Crippen molar-refractivity contribution >= 4 is 45.0 Å². The van der Waals surface area contributed by atoms with Gasteiger partial charge in [-0.1, -0.05) is 27.5 Å². The lowest BCUT2D eigenvalue weighted by Crippen LogP contribution is -2.27. The summed E-state index contributed by atoms with van der Waals surface area (Å²) in [6.45, 7) is 5.37. The van der Waals surface area contributed by atoms with Gasteiger partial charge in [0.05, 0.1) is 17.6 Å². The molecule has 0 saturated carbocycles. The van der Waals surface area contributed by atoms with Crippen LogP contribution in [0.2, 0.25) is 5.15 Å². The van der Waals surface area contributed by atoms with E-state index in [0.717, 1.165) is 21.4 Å². The molecule has 1 N–H and O–H groups in total. The van der Waals surface area contributed by atoms with E-state index in [1.165, 1.54) is 0 Å². The molecule has 130 valence electrons. The lowest BCUT2D eigenvalue weighted by atomic mass is 10.2. The molecule has 0 atom stereocenters. The minimum atomic E-state index is -0.601. The van der Waals surface area contributed by atoms with Gasteiger partial charge in [-0.25, -0.2) is 14.8 Å². The van der Waals surface area contributed by atoms with Gasteiger partial charge in [-0.15, -0.1) is 0 Å². The highest BCUT2D eigenvalue weighted by molar-refractivity contribution is 9.10. The Morgan fingerprint density at radius 1 is 1.28 bits per heavy atom. The number of hydrogen-bond acceptors (Lipinski definition) is 4. The molecule has 3 heterocycles. The molecular weight excluding hydrogens is 408 g/mol. The zero-order chi connectivity index (χ0) is 18.2. The Morgan fingerprint density at radius 3 is 2.76 bits per heavy atom. The van der Waals surface area contributed by atoms with Crippen molar-refractivity contribution < 1.29 is 9.53 Å². The standard InChI is InChI=1S/C17H16BrClN4O2/c1-17(2,3)25-16(24)22-12-6-10(8-21-15(12)19)13-9-20-14-7-11(18)4-5-23(13)14/h4-9H,1-3H3,(H,22,24). The van der Waals surface area contributed by atoms with Crippen LogP contribution >= 0.6 is 27.5 Å². The van der Waals surface area contributed by atoms with Crippen LogP contribution in [0, 0.1) is 0 Å². The second kappa shape index (κ2) is 6.65. The number of imidazole rings is 1. The highest BCUT2D eigenvalue weighted by Gasteiger charge is 2.18. The molecular formula is C17H16BrClN4O2. The van der Waals surface area contributed by atoms with E-state index >= 15 is 0 Å². The summed E-state index contributed by atoms with van der Waals surface area (Å²) >= 11 is 9.53. The summed E-state index contributed by atoms with van der Waals surface area (Å²) in [7, 11) is 0. The van der Waals surface area contributed by atoms with Crippen molar-refractivity contribution in [2.75, 3.05) is 5.32 Å². The van der Waals surface area contributed by atoms with Crippen molar-refractivity contribution in [2.45, 2.75) is 26.4 Å². The number of aromatic nitrogens is 3. The number of anilines is 1. The van der Waals surface area contributed by atoms with E-state index in [0.29, 0.717) is 5.69 Å². The molecule has 3 aromatic rings. The van der Waals surface area contributed by atoms with Crippen LogP contribution in [0.3, 0.4) is 0 Å². The third kappa shape index (κ3) is 4.11. The Morgan fingerprint density at radius 2 is 2.04 bits per heavy atom. The predicted molar refractivity (Wildman–Crippen MR) is 101 cm³/mol. The number of carbonyl (C=O) groups excluding carboxylic acids is 1. The molecule has 8 heteroatoms. The molecule has 0 aliphatic heterocycles.